The zero-order chi connectivity index (χ0) is 11.9. The standard InChI is InChI=1S/C14H22N2S/c1-14(2)8-5-7-11-12(14)16-13(17-11)10-6-3-4-9-15-10/h10,15H,3-9H2,1-2H3. The summed E-state index contributed by atoms with van der Waals surface area (Å²) in [7, 11) is 0. The van der Waals surface area contributed by atoms with Crippen molar-refractivity contribution in [2.45, 2.75) is 63.8 Å². The van der Waals surface area contributed by atoms with E-state index in [0.29, 0.717) is 11.5 Å². The number of fused-ring (bicyclic) bond motifs is 1. The maximum Gasteiger partial charge on any atom is 0.110 e. The van der Waals surface area contributed by atoms with E-state index >= 15 is 0 Å². The second-order valence-electron chi connectivity index (χ2n) is 6.06. The van der Waals surface area contributed by atoms with Gasteiger partial charge in [0.1, 0.15) is 5.01 Å². The summed E-state index contributed by atoms with van der Waals surface area (Å²) in [6.07, 6.45) is 7.83. The largest absolute Gasteiger partial charge is 0.308 e. The summed E-state index contributed by atoms with van der Waals surface area (Å²) >= 11 is 1.97. The van der Waals surface area contributed by atoms with E-state index in [1.807, 2.05) is 11.3 Å². The van der Waals surface area contributed by atoms with E-state index in [2.05, 4.69) is 19.2 Å². The highest BCUT2D eigenvalue weighted by atomic mass is 32.1. The molecule has 2 nitrogen and oxygen atoms in total. The van der Waals surface area contributed by atoms with E-state index < -0.39 is 0 Å². The molecule has 0 amide bonds. The fourth-order valence-corrected chi connectivity index (χ4v) is 4.49. The summed E-state index contributed by atoms with van der Waals surface area (Å²) in [6.45, 7) is 5.86. The highest BCUT2D eigenvalue weighted by Crippen LogP contribution is 2.40. The van der Waals surface area contributed by atoms with Gasteiger partial charge in [0.25, 0.3) is 0 Å². The Morgan fingerprint density at radius 2 is 2.18 bits per heavy atom. The molecule has 1 saturated heterocycles. The average molecular weight is 250 g/mol. The number of rotatable bonds is 1. The Hall–Kier alpha value is -0.410. The number of hydrogen-bond donors (Lipinski definition) is 1. The highest BCUT2D eigenvalue weighted by molar-refractivity contribution is 7.11. The van der Waals surface area contributed by atoms with Gasteiger partial charge in [0.2, 0.25) is 0 Å². The van der Waals surface area contributed by atoms with Crippen molar-refractivity contribution < 1.29 is 0 Å². The van der Waals surface area contributed by atoms with Crippen LogP contribution >= 0.6 is 11.3 Å². The van der Waals surface area contributed by atoms with E-state index in [1.165, 1.54) is 49.2 Å². The van der Waals surface area contributed by atoms with Gasteiger partial charge in [-0.3, -0.25) is 0 Å². The lowest BCUT2D eigenvalue weighted by Crippen LogP contribution is -2.27. The van der Waals surface area contributed by atoms with E-state index in [-0.39, 0.29) is 0 Å². The molecule has 1 aliphatic carbocycles. The summed E-state index contributed by atoms with van der Waals surface area (Å²) < 4.78 is 0. The van der Waals surface area contributed by atoms with Crippen molar-refractivity contribution in [3.63, 3.8) is 0 Å². The molecule has 2 aliphatic rings. The van der Waals surface area contributed by atoms with E-state index in [9.17, 15) is 0 Å². The monoisotopic (exact) mass is 250 g/mol. The Kier molecular flexibility index (Phi) is 2.99. The molecule has 1 unspecified atom stereocenters. The molecule has 0 radical (unpaired) electrons. The quantitative estimate of drug-likeness (QED) is 0.824. The maximum absolute atomic E-state index is 4.98. The number of aryl methyl sites for hydroxylation is 1. The van der Waals surface area contributed by atoms with Crippen molar-refractivity contribution >= 4 is 11.3 Å². The van der Waals surface area contributed by atoms with Crippen LogP contribution in [-0.4, -0.2) is 11.5 Å². The molecule has 3 heteroatoms. The van der Waals surface area contributed by atoms with Gasteiger partial charge in [-0.25, -0.2) is 4.98 Å². The van der Waals surface area contributed by atoms with Gasteiger partial charge in [0.05, 0.1) is 11.7 Å². The lowest BCUT2D eigenvalue weighted by Gasteiger charge is -2.28. The molecule has 1 N–H and O–H groups in total. The van der Waals surface area contributed by atoms with Gasteiger partial charge in [-0.05, 0) is 38.6 Å². The minimum atomic E-state index is 0.303. The van der Waals surface area contributed by atoms with Crippen molar-refractivity contribution in [3.05, 3.63) is 15.6 Å². The molecule has 1 fully saturated rings. The molecule has 1 aromatic heterocycles. The zero-order valence-electron chi connectivity index (χ0n) is 10.9. The molecule has 0 aromatic carbocycles. The van der Waals surface area contributed by atoms with E-state index in [1.54, 1.807) is 4.88 Å². The van der Waals surface area contributed by atoms with Crippen molar-refractivity contribution in [2.75, 3.05) is 6.54 Å². The molecule has 3 rings (SSSR count). The third-order valence-corrected chi connectivity index (χ3v) is 5.40. The molecule has 94 valence electrons. The lowest BCUT2D eigenvalue weighted by molar-refractivity contribution is 0.401. The summed E-state index contributed by atoms with van der Waals surface area (Å²) in [6, 6.07) is 0.537. The van der Waals surface area contributed by atoms with Crippen LogP contribution in [-0.2, 0) is 11.8 Å². The minimum absolute atomic E-state index is 0.303. The number of nitrogens with one attached hydrogen (secondary N) is 1. The summed E-state index contributed by atoms with van der Waals surface area (Å²) in [5.41, 5.74) is 1.70. The smallest absolute Gasteiger partial charge is 0.110 e. The number of piperidine rings is 1. The molecule has 1 aromatic rings. The second-order valence-corrected chi connectivity index (χ2v) is 7.18. The topological polar surface area (TPSA) is 24.9 Å². The Balaban J connectivity index is 1.90. The number of hydrogen-bond acceptors (Lipinski definition) is 3. The van der Waals surface area contributed by atoms with Crippen LogP contribution in [0.4, 0.5) is 0 Å². The van der Waals surface area contributed by atoms with Gasteiger partial charge in [-0.15, -0.1) is 11.3 Å². The molecule has 1 atom stereocenters. The van der Waals surface area contributed by atoms with E-state index in [0.717, 1.165) is 6.54 Å². The predicted octanol–water partition coefficient (Wildman–Crippen LogP) is 3.57. The van der Waals surface area contributed by atoms with Crippen LogP contribution in [0.15, 0.2) is 0 Å². The van der Waals surface area contributed by atoms with Gasteiger partial charge < -0.3 is 5.32 Å². The summed E-state index contributed by atoms with van der Waals surface area (Å²) in [4.78, 5) is 6.54. The third kappa shape index (κ3) is 2.15. The maximum atomic E-state index is 4.98. The van der Waals surface area contributed by atoms with Crippen LogP contribution in [0.5, 0.6) is 0 Å². The fourth-order valence-electron chi connectivity index (χ4n) is 3.09. The first-order chi connectivity index (χ1) is 8.17. The van der Waals surface area contributed by atoms with Gasteiger partial charge in [-0.1, -0.05) is 20.3 Å². The molecule has 17 heavy (non-hydrogen) atoms. The van der Waals surface area contributed by atoms with Crippen LogP contribution in [0.3, 0.4) is 0 Å². The molecule has 0 spiro atoms. The van der Waals surface area contributed by atoms with Gasteiger partial charge in [0, 0.05) is 10.3 Å². The number of thiazole rings is 1. The normalized spacial score (nSPS) is 27.8. The van der Waals surface area contributed by atoms with Crippen LogP contribution in [0.1, 0.15) is 67.6 Å². The number of nitrogens with zero attached hydrogens (tertiary/aromatic N) is 1. The Morgan fingerprint density at radius 1 is 1.29 bits per heavy atom. The average Bonchev–Trinajstić information content (AvgIpc) is 2.75. The third-order valence-electron chi connectivity index (χ3n) is 4.17. The molecule has 0 saturated carbocycles. The summed E-state index contributed by atoms with van der Waals surface area (Å²) in [5.74, 6) is 0. The first-order valence-corrected chi connectivity index (χ1v) is 7.72. The zero-order valence-corrected chi connectivity index (χ0v) is 11.7. The van der Waals surface area contributed by atoms with Crippen molar-refractivity contribution in [3.8, 4) is 0 Å². The first kappa shape index (κ1) is 11.7. The minimum Gasteiger partial charge on any atom is -0.308 e. The van der Waals surface area contributed by atoms with E-state index in [4.69, 9.17) is 4.98 Å². The van der Waals surface area contributed by atoms with Crippen LogP contribution in [0.2, 0.25) is 0 Å². The van der Waals surface area contributed by atoms with Crippen LogP contribution in [0.25, 0.3) is 0 Å². The van der Waals surface area contributed by atoms with Crippen molar-refractivity contribution in [2.24, 2.45) is 0 Å². The SMILES string of the molecule is CC1(C)CCCc2sc(C3CCCCN3)nc21. The first-order valence-electron chi connectivity index (χ1n) is 6.90. The van der Waals surface area contributed by atoms with Gasteiger partial charge in [0.15, 0.2) is 0 Å². The van der Waals surface area contributed by atoms with Gasteiger partial charge >= 0.3 is 0 Å². The number of aromatic nitrogens is 1. The predicted molar refractivity (Wildman–Crippen MR) is 72.7 cm³/mol. The van der Waals surface area contributed by atoms with Gasteiger partial charge in [-0.2, -0.15) is 0 Å². The Labute approximate surface area is 108 Å². The molecule has 2 heterocycles. The Bertz CT molecular complexity index is 402. The molecule has 1 aliphatic heterocycles. The van der Waals surface area contributed by atoms with Crippen molar-refractivity contribution in [1.29, 1.82) is 0 Å². The fraction of sp³-hybridized carbons (Fsp3) is 0.786. The molecule has 0 bridgehead atoms. The second kappa shape index (κ2) is 4.36. The highest BCUT2D eigenvalue weighted by Gasteiger charge is 2.32. The van der Waals surface area contributed by atoms with Crippen LogP contribution in [0, 0.1) is 0 Å². The van der Waals surface area contributed by atoms with Crippen molar-refractivity contribution in [1.82, 2.24) is 10.3 Å². The Morgan fingerprint density at radius 3 is 2.88 bits per heavy atom. The molecular formula is C14H22N2S. The molecular weight excluding hydrogens is 228 g/mol. The van der Waals surface area contributed by atoms with Crippen LogP contribution < -0.4 is 5.32 Å². The summed E-state index contributed by atoms with van der Waals surface area (Å²) in [5, 5.41) is 4.97. The lowest BCUT2D eigenvalue weighted by atomic mass is 9.79.